The molecule has 0 aliphatic heterocycles. The van der Waals surface area contributed by atoms with E-state index in [-0.39, 0.29) is 5.78 Å². The molecule has 124 valence electrons. The van der Waals surface area contributed by atoms with E-state index >= 15 is 0 Å². The molecular formula is C16H14ClN3O3S. The Labute approximate surface area is 147 Å². The standard InChI is InChI=1S/C16H14ClN3O3S/c1-9-19-20-11(15(17)18-16(20)24-9)5-6-12(21)10-4-7-13(22-2)14(8-10)23-3/h4-8H,1-3H3/b6-5+. The molecule has 0 bridgehead atoms. The van der Waals surface area contributed by atoms with Crippen molar-refractivity contribution >= 4 is 39.8 Å². The van der Waals surface area contributed by atoms with Gasteiger partial charge in [0.25, 0.3) is 0 Å². The first-order valence-electron chi connectivity index (χ1n) is 6.99. The Balaban J connectivity index is 1.91. The van der Waals surface area contributed by atoms with Crippen molar-refractivity contribution in [1.82, 2.24) is 14.6 Å². The molecule has 0 radical (unpaired) electrons. The number of imidazole rings is 1. The van der Waals surface area contributed by atoms with E-state index in [0.29, 0.717) is 32.9 Å². The third kappa shape index (κ3) is 3.00. The molecule has 24 heavy (non-hydrogen) atoms. The number of carbonyl (C=O) groups excluding carboxylic acids is 1. The van der Waals surface area contributed by atoms with Crippen LogP contribution in [0.25, 0.3) is 11.0 Å². The maximum absolute atomic E-state index is 12.4. The summed E-state index contributed by atoms with van der Waals surface area (Å²) in [6.45, 7) is 1.88. The predicted molar refractivity (Wildman–Crippen MR) is 93.5 cm³/mol. The number of hydrogen-bond acceptors (Lipinski definition) is 6. The summed E-state index contributed by atoms with van der Waals surface area (Å²) in [6.07, 6.45) is 3.05. The lowest BCUT2D eigenvalue weighted by Gasteiger charge is -2.07. The number of hydrogen-bond donors (Lipinski definition) is 0. The highest BCUT2D eigenvalue weighted by atomic mass is 35.5. The van der Waals surface area contributed by atoms with E-state index < -0.39 is 0 Å². The van der Waals surface area contributed by atoms with Crippen molar-refractivity contribution in [2.45, 2.75) is 6.92 Å². The fourth-order valence-electron chi connectivity index (χ4n) is 2.21. The molecule has 0 amide bonds. The summed E-state index contributed by atoms with van der Waals surface area (Å²) in [4.78, 5) is 17.3. The van der Waals surface area contributed by atoms with Gasteiger partial charge in [-0.1, -0.05) is 22.9 Å². The molecule has 1 aromatic carbocycles. The Kier molecular flexibility index (Phi) is 4.55. The maximum Gasteiger partial charge on any atom is 0.214 e. The molecule has 0 unspecified atom stereocenters. The number of fused-ring (bicyclic) bond motifs is 1. The van der Waals surface area contributed by atoms with E-state index in [1.807, 2.05) is 6.92 Å². The largest absolute Gasteiger partial charge is 0.493 e. The van der Waals surface area contributed by atoms with Gasteiger partial charge in [0.15, 0.2) is 22.4 Å². The van der Waals surface area contributed by atoms with Gasteiger partial charge in [-0.05, 0) is 37.3 Å². The van der Waals surface area contributed by atoms with E-state index in [4.69, 9.17) is 21.1 Å². The molecule has 3 rings (SSSR count). The summed E-state index contributed by atoms with van der Waals surface area (Å²) in [5.41, 5.74) is 1.06. The van der Waals surface area contributed by atoms with Crippen LogP contribution < -0.4 is 9.47 Å². The Morgan fingerprint density at radius 1 is 1.29 bits per heavy atom. The molecule has 6 nitrogen and oxygen atoms in total. The van der Waals surface area contributed by atoms with Crippen LogP contribution in [-0.4, -0.2) is 34.6 Å². The summed E-state index contributed by atoms with van der Waals surface area (Å²) in [6, 6.07) is 4.99. The second-order valence-electron chi connectivity index (χ2n) is 4.87. The van der Waals surface area contributed by atoms with Crippen molar-refractivity contribution in [3.63, 3.8) is 0 Å². The first kappa shape index (κ1) is 16.5. The van der Waals surface area contributed by atoms with E-state index in [1.165, 1.54) is 24.5 Å². The zero-order valence-corrected chi connectivity index (χ0v) is 14.8. The monoisotopic (exact) mass is 363 g/mol. The Hall–Kier alpha value is -2.38. The third-order valence-corrected chi connectivity index (χ3v) is 4.46. The lowest BCUT2D eigenvalue weighted by Crippen LogP contribution is -1.98. The molecule has 0 N–H and O–H groups in total. The number of nitrogens with zero attached hydrogens (tertiary/aromatic N) is 3. The summed E-state index contributed by atoms with van der Waals surface area (Å²) in [5.74, 6) is 0.877. The highest BCUT2D eigenvalue weighted by Gasteiger charge is 2.13. The third-order valence-electron chi connectivity index (χ3n) is 3.35. The minimum absolute atomic E-state index is 0.186. The van der Waals surface area contributed by atoms with Crippen molar-refractivity contribution in [1.29, 1.82) is 0 Å². The van der Waals surface area contributed by atoms with Crippen molar-refractivity contribution < 1.29 is 14.3 Å². The van der Waals surface area contributed by atoms with Crippen molar-refractivity contribution in [3.8, 4) is 11.5 Å². The van der Waals surface area contributed by atoms with Gasteiger partial charge < -0.3 is 9.47 Å². The number of rotatable bonds is 5. The number of aromatic nitrogens is 3. The summed E-state index contributed by atoms with van der Waals surface area (Å²) >= 11 is 7.55. The Bertz CT molecular complexity index is 946. The fraction of sp³-hybridized carbons (Fsp3) is 0.188. The van der Waals surface area contributed by atoms with Crippen LogP contribution >= 0.6 is 22.9 Å². The number of halogens is 1. The zero-order valence-electron chi connectivity index (χ0n) is 13.2. The molecule has 2 aromatic heterocycles. The van der Waals surface area contributed by atoms with Gasteiger partial charge in [-0.3, -0.25) is 4.79 Å². The number of carbonyl (C=O) groups is 1. The molecule has 0 fully saturated rings. The maximum atomic E-state index is 12.4. The van der Waals surface area contributed by atoms with E-state index in [9.17, 15) is 4.79 Å². The van der Waals surface area contributed by atoms with E-state index in [1.54, 1.807) is 35.9 Å². The number of aryl methyl sites for hydroxylation is 1. The molecule has 3 aromatic rings. The Morgan fingerprint density at radius 2 is 2.04 bits per heavy atom. The highest BCUT2D eigenvalue weighted by Crippen LogP contribution is 2.28. The topological polar surface area (TPSA) is 65.7 Å². The average Bonchev–Trinajstić information content (AvgIpc) is 3.06. The van der Waals surface area contributed by atoms with E-state index in [0.717, 1.165) is 5.01 Å². The van der Waals surface area contributed by atoms with Crippen molar-refractivity contribution in [2.75, 3.05) is 14.2 Å². The SMILES string of the molecule is COc1ccc(C(=O)/C=C/c2c(Cl)nc3sc(C)nn23)cc1OC. The zero-order chi connectivity index (χ0) is 17.3. The molecule has 0 aliphatic carbocycles. The smallest absolute Gasteiger partial charge is 0.214 e. The molecule has 0 atom stereocenters. The second-order valence-corrected chi connectivity index (χ2v) is 6.39. The van der Waals surface area contributed by atoms with Crippen LogP contribution in [0.4, 0.5) is 0 Å². The van der Waals surface area contributed by atoms with Gasteiger partial charge in [0, 0.05) is 5.56 Å². The normalized spacial score (nSPS) is 11.3. The molecule has 0 spiro atoms. The lowest BCUT2D eigenvalue weighted by atomic mass is 10.1. The number of ketones is 1. The van der Waals surface area contributed by atoms with Gasteiger partial charge in [-0.2, -0.15) is 5.10 Å². The molecule has 2 heterocycles. The average molecular weight is 364 g/mol. The van der Waals surface area contributed by atoms with Gasteiger partial charge in [0.2, 0.25) is 4.96 Å². The number of benzene rings is 1. The van der Waals surface area contributed by atoms with Crippen LogP contribution in [0, 0.1) is 6.92 Å². The number of methoxy groups -OCH3 is 2. The fourth-order valence-corrected chi connectivity index (χ4v) is 3.24. The molecule has 0 saturated carbocycles. The first-order chi connectivity index (χ1) is 11.5. The van der Waals surface area contributed by atoms with Crippen LogP contribution in [0.5, 0.6) is 11.5 Å². The van der Waals surface area contributed by atoms with Crippen LogP contribution in [0.3, 0.4) is 0 Å². The molecule has 0 saturated heterocycles. The highest BCUT2D eigenvalue weighted by molar-refractivity contribution is 7.16. The Morgan fingerprint density at radius 3 is 2.75 bits per heavy atom. The van der Waals surface area contributed by atoms with Crippen LogP contribution in [0.15, 0.2) is 24.3 Å². The minimum Gasteiger partial charge on any atom is -0.493 e. The number of ether oxygens (including phenoxy) is 2. The molecular weight excluding hydrogens is 350 g/mol. The molecule has 8 heteroatoms. The van der Waals surface area contributed by atoms with Crippen LogP contribution in [0.1, 0.15) is 21.1 Å². The van der Waals surface area contributed by atoms with Gasteiger partial charge >= 0.3 is 0 Å². The minimum atomic E-state index is -0.186. The van der Waals surface area contributed by atoms with Gasteiger partial charge in [-0.15, -0.1) is 0 Å². The van der Waals surface area contributed by atoms with Gasteiger partial charge in [0.1, 0.15) is 10.7 Å². The molecule has 0 aliphatic rings. The lowest BCUT2D eigenvalue weighted by molar-refractivity contribution is 0.104. The van der Waals surface area contributed by atoms with Crippen molar-refractivity contribution in [3.05, 3.63) is 45.7 Å². The van der Waals surface area contributed by atoms with Crippen molar-refractivity contribution in [2.24, 2.45) is 0 Å². The van der Waals surface area contributed by atoms with Crippen LogP contribution in [-0.2, 0) is 0 Å². The van der Waals surface area contributed by atoms with E-state index in [2.05, 4.69) is 10.1 Å². The summed E-state index contributed by atoms with van der Waals surface area (Å²) in [5, 5.41) is 5.50. The first-order valence-corrected chi connectivity index (χ1v) is 8.19. The van der Waals surface area contributed by atoms with Gasteiger partial charge in [0.05, 0.1) is 14.2 Å². The quantitative estimate of drug-likeness (QED) is 0.511. The predicted octanol–water partition coefficient (Wildman–Crippen LogP) is 3.67. The summed E-state index contributed by atoms with van der Waals surface area (Å²) in [7, 11) is 3.07. The number of allylic oxidation sites excluding steroid dienone is 1. The second kappa shape index (κ2) is 6.62. The van der Waals surface area contributed by atoms with Crippen LogP contribution in [0.2, 0.25) is 5.15 Å². The summed E-state index contributed by atoms with van der Waals surface area (Å²) < 4.78 is 12.0. The van der Waals surface area contributed by atoms with Gasteiger partial charge in [-0.25, -0.2) is 9.50 Å².